The monoisotopic (exact) mass is 436 g/mol. The molecule has 1 heterocycles. The molecule has 3 rings (SSSR count). The van der Waals surface area contributed by atoms with E-state index in [4.69, 9.17) is 4.74 Å². The van der Waals surface area contributed by atoms with Gasteiger partial charge in [-0.1, -0.05) is 28.1 Å². The Morgan fingerprint density at radius 1 is 1.08 bits per heavy atom. The quantitative estimate of drug-likeness (QED) is 0.620. The minimum absolute atomic E-state index is 0.209. The van der Waals surface area contributed by atoms with Crippen LogP contribution in [0.2, 0.25) is 0 Å². The Balaban J connectivity index is 1.77. The van der Waals surface area contributed by atoms with Gasteiger partial charge in [-0.05, 0) is 57.7 Å². The van der Waals surface area contributed by atoms with E-state index < -0.39 is 10.0 Å². The van der Waals surface area contributed by atoms with E-state index in [1.807, 2.05) is 38.4 Å². The smallest absolute Gasteiger partial charge is 0.283 e. The summed E-state index contributed by atoms with van der Waals surface area (Å²) in [5.41, 5.74) is 1.87. The summed E-state index contributed by atoms with van der Waals surface area (Å²) < 4.78 is 35.5. The van der Waals surface area contributed by atoms with Crippen molar-refractivity contribution in [3.05, 3.63) is 58.1 Å². The van der Waals surface area contributed by atoms with E-state index in [0.717, 1.165) is 29.4 Å². The van der Waals surface area contributed by atoms with Gasteiger partial charge < -0.3 is 9.64 Å². The molecular formula is C19H21BrN2O3S. The molecule has 0 bridgehead atoms. The van der Waals surface area contributed by atoms with Crippen molar-refractivity contribution in [2.24, 2.45) is 4.40 Å². The molecule has 0 fully saturated rings. The minimum Gasteiger partial charge on any atom is -0.494 e. The average Bonchev–Trinajstić information content (AvgIpc) is 2.86. The van der Waals surface area contributed by atoms with Crippen LogP contribution in [-0.2, 0) is 10.0 Å². The van der Waals surface area contributed by atoms with Crippen LogP contribution < -0.4 is 4.74 Å². The highest BCUT2D eigenvalue weighted by molar-refractivity contribution is 9.10. The van der Waals surface area contributed by atoms with Crippen LogP contribution in [0.15, 0.2) is 56.2 Å². The van der Waals surface area contributed by atoms with Crippen molar-refractivity contribution in [1.29, 1.82) is 0 Å². The van der Waals surface area contributed by atoms with Gasteiger partial charge in [0, 0.05) is 21.7 Å². The van der Waals surface area contributed by atoms with Crippen LogP contribution in [-0.4, -0.2) is 46.3 Å². The lowest BCUT2D eigenvalue weighted by atomic mass is 10.0. The summed E-state index contributed by atoms with van der Waals surface area (Å²) in [5.74, 6) is 0.560. The number of hydrogen-bond donors (Lipinski definition) is 0. The van der Waals surface area contributed by atoms with Crippen molar-refractivity contribution >= 4 is 31.7 Å². The molecular weight excluding hydrogens is 416 g/mol. The fourth-order valence-corrected chi connectivity index (χ4v) is 4.27. The van der Waals surface area contributed by atoms with E-state index in [2.05, 4.69) is 25.2 Å². The molecule has 0 unspecified atom stereocenters. The van der Waals surface area contributed by atoms with Crippen molar-refractivity contribution in [2.75, 3.05) is 27.2 Å². The summed E-state index contributed by atoms with van der Waals surface area (Å²) in [6, 6.07) is 12.6. The molecule has 0 radical (unpaired) electrons. The van der Waals surface area contributed by atoms with Gasteiger partial charge in [0.15, 0.2) is 0 Å². The molecule has 7 heteroatoms. The number of hydrogen-bond acceptors (Lipinski definition) is 4. The largest absolute Gasteiger partial charge is 0.494 e. The number of sulfonamides is 1. The zero-order valence-corrected chi connectivity index (χ0v) is 17.2. The third kappa shape index (κ3) is 4.34. The van der Waals surface area contributed by atoms with Crippen LogP contribution in [0.3, 0.4) is 0 Å². The molecule has 26 heavy (non-hydrogen) atoms. The van der Waals surface area contributed by atoms with Crippen molar-refractivity contribution in [3.63, 3.8) is 0 Å². The van der Waals surface area contributed by atoms with Crippen LogP contribution >= 0.6 is 15.9 Å². The van der Waals surface area contributed by atoms with Crippen molar-refractivity contribution in [2.45, 2.75) is 17.7 Å². The van der Waals surface area contributed by atoms with E-state index in [0.29, 0.717) is 23.6 Å². The first-order valence-electron chi connectivity index (χ1n) is 8.40. The van der Waals surface area contributed by atoms with E-state index in [9.17, 15) is 8.42 Å². The average molecular weight is 437 g/mol. The summed E-state index contributed by atoms with van der Waals surface area (Å²) in [6.07, 6.45) is 1.95. The van der Waals surface area contributed by atoms with E-state index in [-0.39, 0.29) is 4.90 Å². The lowest BCUT2D eigenvalue weighted by Crippen LogP contribution is -2.13. The van der Waals surface area contributed by atoms with Gasteiger partial charge in [-0.3, -0.25) is 0 Å². The molecule has 2 aromatic carbocycles. The number of nitrogens with zero attached hydrogens (tertiary/aromatic N) is 2. The van der Waals surface area contributed by atoms with Gasteiger partial charge in [0.2, 0.25) is 0 Å². The summed E-state index contributed by atoms with van der Waals surface area (Å²) in [5, 5.41) is 0. The summed E-state index contributed by atoms with van der Waals surface area (Å²) in [7, 11) is 0.381. The van der Waals surface area contributed by atoms with Crippen LogP contribution in [0.1, 0.15) is 24.0 Å². The van der Waals surface area contributed by atoms with Crippen LogP contribution in [0.25, 0.3) is 0 Å². The number of unbranched alkanes of at least 4 members (excludes halogenated alkanes) is 1. The summed E-state index contributed by atoms with van der Waals surface area (Å²) >= 11 is 3.38. The second kappa shape index (κ2) is 7.90. The van der Waals surface area contributed by atoms with Crippen molar-refractivity contribution in [3.8, 4) is 5.75 Å². The minimum atomic E-state index is -3.69. The van der Waals surface area contributed by atoms with Gasteiger partial charge >= 0.3 is 0 Å². The maximum Gasteiger partial charge on any atom is 0.283 e. The van der Waals surface area contributed by atoms with Gasteiger partial charge in [0.25, 0.3) is 10.0 Å². The highest BCUT2D eigenvalue weighted by Gasteiger charge is 2.30. The SMILES string of the molecule is CN(C)CCCCOc1ccc2c(c1)S(=O)(=O)N=C2c1ccc(Br)cc1. The van der Waals surface area contributed by atoms with Gasteiger partial charge in [-0.15, -0.1) is 0 Å². The third-order valence-corrected chi connectivity index (χ3v) is 5.93. The Morgan fingerprint density at radius 2 is 1.81 bits per heavy atom. The Labute approximate surface area is 162 Å². The maximum atomic E-state index is 12.4. The van der Waals surface area contributed by atoms with Gasteiger partial charge in [0.05, 0.1) is 12.3 Å². The topological polar surface area (TPSA) is 59.0 Å². The highest BCUT2D eigenvalue weighted by Crippen LogP contribution is 2.32. The molecule has 1 aliphatic rings. The number of halogens is 1. The highest BCUT2D eigenvalue weighted by atomic mass is 79.9. The maximum absolute atomic E-state index is 12.4. The number of ether oxygens (including phenoxy) is 1. The number of fused-ring (bicyclic) bond motifs is 1. The predicted molar refractivity (Wildman–Crippen MR) is 107 cm³/mol. The lowest BCUT2D eigenvalue weighted by Gasteiger charge is -2.10. The molecule has 0 saturated heterocycles. The van der Waals surface area contributed by atoms with Crippen molar-refractivity contribution in [1.82, 2.24) is 4.90 Å². The van der Waals surface area contributed by atoms with E-state index in [1.165, 1.54) is 0 Å². The zero-order chi connectivity index (χ0) is 18.7. The molecule has 0 N–H and O–H groups in total. The fraction of sp³-hybridized carbons (Fsp3) is 0.316. The standard InChI is InChI=1S/C19H21BrN2O3S/c1-22(2)11-3-4-12-25-16-9-10-17-18(13-16)26(23,24)21-19(17)14-5-7-15(20)8-6-14/h5-10,13H,3-4,11-12H2,1-2H3. The Morgan fingerprint density at radius 3 is 2.50 bits per heavy atom. The first-order valence-corrected chi connectivity index (χ1v) is 10.6. The zero-order valence-electron chi connectivity index (χ0n) is 14.8. The molecule has 0 aromatic heterocycles. The van der Waals surface area contributed by atoms with Gasteiger partial charge in [-0.2, -0.15) is 12.8 Å². The van der Waals surface area contributed by atoms with Crippen LogP contribution in [0, 0.1) is 0 Å². The normalized spacial score (nSPS) is 15.0. The third-order valence-electron chi connectivity index (χ3n) is 4.08. The van der Waals surface area contributed by atoms with E-state index >= 15 is 0 Å². The Hall–Kier alpha value is -1.70. The Kier molecular flexibility index (Phi) is 5.79. The Bertz CT molecular complexity index is 922. The predicted octanol–water partition coefficient (Wildman–Crippen LogP) is 3.71. The number of rotatable bonds is 7. The van der Waals surface area contributed by atoms with Crippen LogP contribution in [0.5, 0.6) is 5.75 Å². The summed E-state index contributed by atoms with van der Waals surface area (Å²) in [4.78, 5) is 2.34. The van der Waals surface area contributed by atoms with Gasteiger partial charge in [0.1, 0.15) is 10.6 Å². The van der Waals surface area contributed by atoms with Crippen molar-refractivity contribution < 1.29 is 13.2 Å². The molecule has 138 valence electrons. The van der Waals surface area contributed by atoms with Crippen LogP contribution in [0.4, 0.5) is 0 Å². The molecule has 1 aliphatic heterocycles. The van der Waals surface area contributed by atoms with E-state index in [1.54, 1.807) is 18.2 Å². The molecule has 0 amide bonds. The second-order valence-corrected chi connectivity index (χ2v) is 8.93. The first kappa shape index (κ1) is 19.1. The molecule has 0 atom stereocenters. The summed E-state index contributed by atoms with van der Waals surface area (Å²) in [6.45, 7) is 1.57. The number of benzene rings is 2. The second-order valence-electron chi connectivity index (χ2n) is 6.44. The molecule has 5 nitrogen and oxygen atoms in total. The molecule has 0 spiro atoms. The molecule has 2 aromatic rings. The molecule has 0 saturated carbocycles. The lowest BCUT2D eigenvalue weighted by molar-refractivity contribution is 0.292. The fourth-order valence-electron chi connectivity index (χ4n) is 2.76. The first-order chi connectivity index (χ1) is 12.4. The van der Waals surface area contributed by atoms with Gasteiger partial charge in [-0.25, -0.2) is 0 Å². The molecule has 0 aliphatic carbocycles.